The fraction of sp³-hybridized carbons (Fsp3) is 0.182. The third-order valence-corrected chi connectivity index (χ3v) is 7.47. The maximum Gasteiger partial charge on any atom is 0.338 e. The van der Waals surface area contributed by atoms with Crippen LogP contribution in [-0.2, 0) is 18.4 Å². The van der Waals surface area contributed by atoms with Crippen molar-refractivity contribution in [2.24, 2.45) is 7.05 Å². The van der Waals surface area contributed by atoms with Gasteiger partial charge in [-0.3, -0.25) is 9.78 Å². The van der Waals surface area contributed by atoms with Crippen LogP contribution in [0.4, 0.5) is 4.39 Å². The SMILES string of the molecule is COc1cccc(OC)c1-c1nccc(C=C2C(C)=C(CC(=O)NCc3cccn3C)c3cc(F)ccc32)c1C(=O)O. The average Bonchev–Trinajstić information content (AvgIpc) is 3.50. The molecule has 0 spiro atoms. The maximum atomic E-state index is 14.4. The van der Waals surface area contributed by atoms with Crippen molar-refractivity contribution >= 4 is 29.1 Å². The summed E-state index contributed by atoms with van der Waals surface area (Å²) in [4.78, 5) is 30.1. The molecule has 0 radical (unpaired) electrons. The van der Waals surface area contributed by atoms with Crippen LogP contribution in [0.25, 0.3) is 28.5 Å². The first-order valence-corrected chi connectivity index (χ1v) is 13.3. The standard InChI is InChI=1S/C33H30FN3O5/c1-19-24(15-20-12-13-35-32(30(20)33(39)40)31-27(41-3)8-5-9-28(31)42-4)23-11-10-21(34)16-26(23)25(19)17-29(38)36-18-22-7-6-14-37(22)2/h5-16H,17-18H2,1-4H3,(H,36,38)(H,39,40). The largest absolute Gasteiger partial charge is 0.496 e. The first-order valence-electron chi connectivity index (χ1n) is 13.3. The molecule has 0 fully saturated rings. The highest BCUT2D eigenvalue weighted by Gasteiger charge is 2.28. The summed E-state index contributed by atoms with van der Waals surface area (Å²) in [6, 6.07) is 15.0. The number of halogens is 1. The molecule has 1 aliphatic carbocycles. The molecule has 2 N–H and O–H groups in total. The fourth-order valence-electron chi connectivity index (χ4n) is 5.33. The minimum atomic E-state index is -1.18. The van der Waals surface area contributed by atoms with Crippen molar-refractivity contribution in [3.63, 3.8) is 0 Å². The van der Waals surface area contributed by atoms with E-state index >= 15 is 0 Å². The van der Waals surface area contributed by atoms with Gasteiger partial charge in [-0.1, -0.05) is 12.1 Å². The van der Waals surface area contributed by atoms with Gasteiger partial charge in [0, 0.05) is 25.1 Å². The van der Waals surface area contributed by atoms with Crippen LogP contribution in [0.2, 0.25) is 0 Å². The van der Waals surface area contributed by atoms with Gasteiger partial charge in [-0.05, 0) is 88.9 Å². The monoisotopic (exact) mass is 567 g/mol. The molecular formula is C33H30FN3O5. The predicted octanol–water partition coefficient (Wildman–Crippen LogP) is 5.98. The van der Waals surface area contributed by atoms with E-state index in [4.69, 9.17) is 9.47 Å². The van der Waals surface area contributed by atoms with Gasteiger partial charge >= 0.3 is 5.97 Å². The average molecular weight is 568 g/mol. The number of benzene rings is 2. The molecule has 0 saturated heterocycles. The van der Waals surface area contributed by atoms with Gasteiger partial charge in [-0.15, -0.1) is 0 Å². The number of carbonyl (C=O) groups is 2. The van der Waals surface area contributed by atoms with Crippen molar-refractivity contribution < 1.29 is 28.6 Å². The molecule has 4 aromatic rings. The lowest BCUT2D eigenvalue weighted by atomic mass is 9.95. The Labute approximate surface area is 242 Å². The number of aromatic nitrogens is 2. The normalized spacial score (nSPS) is 13.3. The lowest BCUT2D eigenvalue weighted by Crippen LogP contribution is -2.23. The molecule has 2 aromatic carbocycles. The molecule has 0 atom stereocenters. The number of carboxylic acid groups (broad SMARTS) is 1. The molecule has 214 valence electrons. The molecule has 0 unspecified atom stereocenters. The lowest BCUT2D eigenvalue weighted by Gasteiger charge is -2.15. The minimum absolute atomic E-state index is 0.0375. The summed E-state index contributed by atoms with van der Waals surface area (Å²) < 4.78 is 27.4. The number of fused-ring (bicyclic) bond motifs is 1. The number of amides is 1. The van der Waals surface area contributed by atoms with Crippen molar-refractivity contribution in [1.82, 2.24) is 14.9 Å². The van der Waals surface area contributed by atoms with Gasteiger partial charge in [-0.25, -0.2) is 9.18 Å². The first kappa shape index (κ1) is 28.4. The van der Waals surface area contributed by atoms with E-state index < -0.39 is 11.8 Å². The zero-order valence-electron chi connectivity index (χ0n) is 23.7. The molecular weight excluding hydrogens is 537 g/mol. The molecule has 0 bridgehead atoms. The first-order chi connectivity index (χ1) is 20.2. The van der Waals surface area contributed by atoms with Gasteiger partial charge in [0.05, 0.1) is 44.0 Å². The molecule has 2 heterocycles. The van der Waals surface area contributed by atoms with E-state index in [1.54, 1.807) is 36.4 Å². The van der Waals surface area contributed by atoms with E-state index in [-0.39, 0.29) is 23.6 Å². The van der Waals surface area contributed by atoms with Gasteiger partial charge in [-0.2, -0.15) is 0 Å². The predicted molar refractivity (Wildman–Crippen MR) is 158 cm³/mol. The third kappa shape index (κ3) is 5.28. The van der Waals surface area contributed by atoms with Crippen LogP contribution in [0.5, 0.6) is 11.5 Å². The number of carboxylic acids is 1. The van der Waals surface area contributed by atoms with Crippen LogP contribution >= 0.6 is 0 Å². The maximum absolute atomic E-state index is 14.4. The van der Waals surface area contributed by atoms with Gasteiger partial charge in [0.25, 0.3) is 0 Å². The molecule has 2 aromatic heterocycles. The second-order valence-corrected chi connectivity index (χ2v) is 9.88. The Morgan fingerprint density at radius 2 is 1.79 bits per heavy atom. The van der Waals surface area contributed by atoms with E-state index in [0.717, 1.165) is 11.3 Å². The summed E-state index contributed by atoms with van der Waals surface area (Å²) >= 11 is 0. The summed E-state index contributed by atoms with van der Waals surface area (Å²) in [5.41, 5.74) is 5.34. The minimum Gasteiger partial charge on any atom is -0.496 e. The van der Waals surface area contributed by atoms with Crippen LogP contribution in [-0.4, -0.2) is 40.8 Å². The van der Waals surface area contributed by atoms with Crippen LogP contribution in [0, 0.1) is 5.82 Å². The highest BCUT2D eigenvalue weighted by molar-refractivity contribution is 6.10. The molecule has 0 aliphatic heterocycles. The van der Waals surface area contributed by atoms with E-state index in [2.05, 4.69) is 10.3 Å². The summed E-state index contributed by atoms with van der Waals surface area (Å²) in [6.45, 7) is 2.22. The number of hydrogen-bond donors (Lipinski definition) is 2. The Hall–Kier alpha value is -5.18. The number of allylic oxidation sites excluding steroid dienone is 2. The van der Waals surface area contributed by atoms with Crippen molar-refractivity contribution in [2.75, 3.05) is 14.2 Å². The number of hydrogen-bond acceptors (Lipinski definition) is 5. The Morgan fingerprint density at radius 3 is 2.43 bits per heavy atom. The number of nitrogens with one attached hydrogen (secondary N) is 1. The number of pyridine rings is 1. The summed E-state index contributed by atoms with van der Waals surface area (Å²) in [6.07, 6.45) is 5.21. The molecule has 1 amide bonds. The van der Waals surface area contributed by atoms with Gasteiger partial charge in [0.2, 0.25) is 5.91 Å². The van der Waals surface area contributed by atoms with Crippen molar-refractivity contribution in [3.8, 4) is 22.8 Å². The second-order valence-electron chi connectivity index (χ2n) is 9.88. The Kier molecular flexibility index (Phi) is 7.93. The topological polar surface area (TPSA) is 103 Å². The second kappa shape index (κ2) is 11.7. The zero-order chi connectivity index (χ0) is 30.0. The molecule has 8 nitrogen and oxygen atoms in total. The Balaban J connectivity index is 1.60. The number of nitrogens with zero attached hydrogens (tertiary/aromatic N) is 2. The van der Waals surface area contributed by atoms with Crippen molar-refractivity contribution in [3.05, 3.63) is 106 Å². The Morgan fingerprint density at radius 1 is 1.05 bits per heavy atom. The zero-order valence-corrected chi connectivity index (χ0v) is 23.7. The lowest BCUT2D eigenvalue weighted by molar-refractivity contribution is -0.120. The highest BCUT2D eigenvalue weighted by atomic mass is 19.1. The van der Waals surface area contributed by atoms with Crippen molar-refractivity contribution in [1.29, 1.82) is 0 Å². The van der Waals surface area contributed by atoms with Crippen LogP contribution < -0.4 is 14.8 Å². The van der Waals surface area contributed by atoms with Gasteiger partial charge < -0.3 is 24.5 Å². The van der Waals surface area contributed by atoms with E-state index in [1.165, 1.54) is 32.5 Å². The number of methoxy groups -OCH3 is 2. The van der Waals surface area contributed by atoms with E-state index in [9.17, 15) is 19.1 Å². The summed E-state index contributed by atoms with van der Waals surface area (Å²) in [7, 11) is 4.89. The van der Waals surface area contributed by atoms with Gasteiger partial charge in [0.15, 0.2) is 0 Å². The number of carbonyl (C=O) groups excluding carboxylic acids is 1. The smallest absolute Gasteiger partial charge is 0.338 e. The quantitative estimate of drug-likeness (QED) is 0.258. The molecule has 9 heteroatoms. The number of rotatable bonds is 9. The van der Waals surface area contributed by atoms with Crippen LogP contribution in [0.1, 0.15) is 46.1 Å². The van der Waals surface area contributed by atoms with E-state index in [1.807, 2.05) is 36.9 Å². The summed E-state index contributed by atoms with van der Waals surface area (Å²) in [5, 5.41) is 13.3. The Bertz CT molecular complexity index is 1750. The molecule has 0 saturated carbocycles. The molecule has 5 rings (SSSR count). The van der Waals surface area contributed by atoms with E-state index in [0.29, 0.717) is 51.4 Å². The highest BCUT2D eigenvalue weighted by Crippen LogP contribution is 2.45. The molecule has 1 aliphatic rings. The van der Waals surface area contributed by atoms with Gasteiger partial charge in [0.1, 0.15) is 17.3 Å². The number of aromatic carboxylic acids is 1. The number of ether oxygens (including phenoxy) is 2. The van der Waals surface area contributed by atoms with Crippen LogP contribution in [0.3, 0.4) is 0 Å². The molecule has 42 heavy (non-hydrogen) atoms. The third-order valence-electron chi connectivity index (χ3n) is 7.47. The number of aryl methyl sites for hydroxylation is 1. The van der Waals surface area contributed by atoms with Crippen molar-refractivity contribution in [2.45, 2.75) is 19.9 Å². The van der Waals surface area contributed by atoms with Crippen LogP contribution in [0.15, 0.2) is 72.6 Å². The summed E-state index contributed by atoms with van der Waals surface area (Å²) in [5.74, 6) is -0.990. The fourth-order valence-corrected chi connectivity index (χ4v) is 5.33.